The van der Waals surface area contributed by atoms with E-state index in [1.54, 1.807) is 0 Å². The Morgan fingerprint density at radius 3 is 2.24 bits per heavy atom. The van der Waals surface area contributed by atoms with Gasteiger partial charge in [0, 0.05) is 4.88 Å². The molecule has 148 valence electrons. The number of carbonyl (C=O) groups excluding carboxylic acids is 2. The van der Waals surface area contributed by atoms with Crippen molar-refractivity contribution in [1.82, 2.24) is 4.98 Å². The van der Waals surface area contributed by atoms with Crippen LogP contribution >= 0.6 is 23.1 Å². The van der Waals surface area contributed by atoms with Crippen molar-refractivity contribution < 1.29 is 9.59 Å². The van der Waals surface area contributed by atoms with Crippen molar-refractivity contribution in [3.05, 3.63) is 70.2 Å². The number of thioether (sulfide) groups is 1. The highest BCUT2D eigenvalue weighted by Crippen LogP contribution is 2.37. The fourth-order valence-corrected chi connectivity index (χ4v) is 5.61. The molecule has 1 aromatic heterocycles. The number of rotatable bonds is 5. The van der Waals surface area contributed by atoms with Gasteiger partial charge in [-0.1, -0.05) is 48.2 Å². The molecular formula is C22H21N3O2S2. The number of hydrogen-bond donors (Lipinski definition) is 1. The van der Waals surface area contributed by atoms with Crippen molar-refractivity contribution in [2.24, 2.45) is 5.73 Å². The normalized spacial score (nSPS) is 12.8. The summed E-state index contributed by atoms with van der Waals surface area (Å²) in [6.07, 6.45) is 2.00. The lowest BCUT2D eigenvalue weighted by Gasteiger charge is -2.24. The number of fused-ring (bicyclic) bond motifs is 2. The van der Waals surface area contributed by atoms with Gasteiger partial charge >= 0.3 is 0 Å². The van der Waals surface area contributed by atoms with Gasteiger partial charge in [-0.3, -0.25) is 14.5 Å². The summed E-state index contributed by atoms with van der Waals surface area (Å²) in [5.74, 6) is -0.0886. The topological polar surface area (TPSA) is 76.3 Å². The minimum Gasteiger partial charge on any atom is -0.369 e. The second-order valence-electron chi connectivity index (χ2n) is 6.91. The lowest BCUT2D eigenvalue weighted by atomic mass is 10.0. The van der Waals surface area contributed by atoms with Gasteiger partial charge in [-0.25, -0.2) is 4.98 Å². The Morgan fingerprint density at radius 2 is 1.66 bits per heavy atom. The molecule has 0 spiro atoms. The number of aromatic nitrogens is 1. The van der Waals surface area contributed by atoms with Gasteiger partial charge in [0.1, 0.15) is 0 Å². The molecule has 2 N–H and O–H groups in total. The molecule has 0 fully saturated rings. The molecule has 4 rings (SSSR count). The summed E-state index contributed by atoms with van der Waals surface area (Å²) in [7, 11) is 0. The third kappa shape index (κ3) is 4.21. The fraction of sp³-hybridized carbons (Fsp3) is 0.227. The predicted molar refractivity (Wildman–Crippen MR) is 118 cm³/mol. The first-order chi connectivity index (χ1) is 14.0. The zero-order valence-corrected chi connectivity index (χ0v) is 17.7. The first kappa shape index (κ1) is 19.7. The summed E-state index contributed by atoms with van der Waals surface area (Å²) in [5, 5.41) is 0. The van der Waals surface area contributed by atoms with Gasteiger partial charge in [0.2, 0.25) is 11.8 Å². The first-order valence-electron chi connectivity index (χ1n) is 9.39. The summed E-state index contributed by atoms with van der Waals surface area (Å²) in [4.78, 5) is 31.7. The summed E-state index contributed by atoms with van der Waals surface area (Å²) >= 11 is 2.84. The van der Waals surface area contributed by atoms with Crippen LogP contribution < -0.4 is 10.6 Å². The number of hydrogen-bond acceptors (Lipinski definition) is 5. The van der Waals surface area contributed by atoms with Crippen molar-refractivity contribution >= 4 is 46.3 Å². The minimum absolute atomic E-state index is 0.0149. The van der Waals surface area contributed by atoms with Crippen LogP contribution in [0.2, 0.25) is 0 Å². The molecule has 0 radical (unpaired) electrons. The SMILES string of the molecule is Cc1nc(SCC(=O)N2c3ccccc3CCc3ccccc32)sc1CC(N)=O. The van der Waals surface area contributed by atoms with Crippen LogP contribution in [-0.4, -0.2) is 22.6 Å². The summed E-state index contributed by atoms with van der Waals surface area (Å²) in [6, 6.07) is 16.2. The quantitative estimate of drug-likeness (QED) is 0.629. The Bertz CT molecular complexity index is 1030. The van der Waals surface area contributed by atoms with Crippen LogP contribution in [-0.2, 0) is 28.9 Å². The second-order valence-corrected chi connectivity index (χ2v) is 9.21. The molecule has 3 aromatic rings. The molecule has 2 aromatic carbocycles. The van der Waals surface area contributed by atoms with Crippen LogP contribution in [0.3, 0.4) is 0 Å². The van der Waals surface area contributed by atoms with Crippen LogP contribution in [0, 0.1) is 6.92 Å². The second kappa shape index (κ2) is 8.39. The van der Waals surface area contributed by atoms with Gasteiger partial charge in [0.25, 0.3) is 0 Å². The molecule has 29 heavy (non-hydrogen) atoms. The lowest BCUT2D eigenvalue weighted by Crippen LogP contribution is -2.28. The van der Waals surface area contributed by atoms with E-state index in [2.05, 4.69) is 17.1 Å². The number of benzene rings is 2. The van der Waals surface area contributed by atoms with Crippen LogP contribution in [0.1, 0.15) is 21.7 Å². The monoisotopic (exact) mass is 423 g/mol. The Labute approximate surface area is 178 Å². The molecule has 0 unspecified atom stereocenters. The van der Waals surface area contributed by atoms with Gasteiger partial charge in [-0.2, -0.15) is 0 Å². The molecule has 2 amide bonds. The molecular weight excluding hydrogens is 402 g/mol. The van der Waals surface area contributed by atoms with Crippen molar-refractivity contribution in [3.8, 4) is 0 Å². The Morgan fingerprint density at radius 1 is 1.07 bits per heavy atom. The zero-order chi connectivity index (χ0) is 20.4. The molecule has 5 nitrogen and oxygen atoms in total. The number of aryl methyl sites for hydroxylation is 3. The number of para-hydroxylation sites is 2. The number of thiazole rings is 1. The molecule has 1 aliphatic rings. The van der Waals surface area contributed by atoms with Crippen LogP contribution in [0.4, 0.5) is 11.4 Å². The third-order valence-electron chi connectivity index (χ3n) is 4.91. The number of amides is 2. The van der Waals surface area contributed by atoms with E-state index in [-0.39, 0.29) is 24.0 Å². The molecule has 0 bridgehead atoms. The van der Waals surface area contributed by atoms with E-state index in [0.29, 0.717) is 0 Å². The molecule has 1 aliphatic heterocycles. The van der Waals surface area contributed by atoms with Crippen molar-refractivity contribution in [2.45, 2.75) is 30.5 Å². The average molecular weight is 424 g/mol. The van der Waals surface area contributed by atoms with E-state index in [1.807, 2.05) is 48.2 Å². The van der Waals surface area contributed by atoms with E-state index >= 15 is 0 Å². The predicted octanol–water partition coefficient (Wildman–Crippen LogP) is 4.03. The molecule has 0 saturated heterocycles. The van der Waals surface area contributed by atoms with E-state index in [1.165, 1.54) is 34.2 Å². The van der Waals surface area contributed by atoms with Crippen molar-refractivity contribution in [3.63, 3.8) is 0 Å². The van der Waals surface area contributed by atoms with Gasteiger partial charge in [-0.15, -0.1) is 11.3 Å². The number of nitrogens with two attached hydrogens (primary N) is 1. The Balaban J connectivity index is 1.59. The number of anilines is 2. The highest BCUT2D eigenvalue weighted by atomic mass is 32.2. The number of nitrogens with zero attached hydrogens (tertiary/aromatic N) is 2. The zero-order valence-electron chi connectivity index (χ0n) is 16.1. The van der Waals surface area contributed by atoms with E-state index in [9.17, 15) is 9.59 Å². The summed E-state index contributed by atoms with van der Waals surface area (Å²) in [6.45, 7) is 1.86. The van der Waals surface area contributed by atoms with Crippen LogP contribution in [0.15, 0.2) is 52.9 Å². The molecule has 2 heterocycles. The molecule has 0 saturated carbocycles. The van der Waals surface area contributed by atoms with Gasteiger partial charge in [-0.05, 0) is 43.0 Å². The average Bonchev–Trinajstić information content (AvgIpc) is 2.95. The van der Waals surface area contributed by atoms with E-state index in [0.717, 1.165) is 39.1 Å². The van der Waals surface area contributed by atoms with Crippen molar-refractivity contribution in [1.29, 1.82) is 0 Å². The van der Waals surface area contributed by atoms with Gasteiger partial charge in [0.15, 0.2) is 4.34 Å². The Kier molecular flexibility index (Phi) is 5.69. The third-order valence-corrected chi connectivity index (χ3v) is 7.19. The number of carbonyl (C=O) groups is 2. The highest BCUT2D eigenvalue weighted by molar-refractivity contribution is 8.01. The summed E-state index contributed by atoms with van der Waals surface area (Å²) in [5.41, 5.74) is 10.4. The maximum absolute atomic E-state index is 13.3. The van der Waals surface area contributed by atoms with Crippen LogP contribution in [0.25, 0.3) is 0 Å². The first-order valence-corrected chi connectivity index (χ1v) is 11.2. The number of primary amides is 1. The lowest BCUT2D eigenvalue weighted by molar-refractivity contribution is -0.117. The van der Waals surface area contributed by atoms with Gasteiger partial charge < -0.3 is 5.73 Å². The minimum atomic E-state index is -0.373. The maximum Gasteiger partial charge on any atom is 0.242 e. The van der Waals surface area contributed by atoms with Crippen molar-refractivity contribution in [2.75, 3.05) is 10.7 Å². The fourth-order valence-electron chi connectivity index (χ4n) is 3.52. The molecule has 0 atom stereocenters. The Hall–Kier alpha value is -2.64. The molecule has 0 aliphatic carbocycles. The van der Waals surface area contributed by atoms with Crippen LogP contribution in [0.5, 0.6) is 0 Å². The largest absolute Gasteiger partial charge is 0.369 e. The standard InChI is InChI=1S/C22H21N3O2S2/c1-14-19(12-20(23)26)29-22(24-14)28-13-21(27)25-17-8-4-2-6-15(17)10-11-16-7-3-5-9-18(16)25/h2-9H,10-13H2,1H3,(H2,23,26). The highest BCUT2D eigenvalue weighted by Gasteiger charge is 2.25. The molecule has 7 heteroatoms. The van der Waals surface area contributed by atoms with Gasteiger partial charge in [0.05, 0.1) is 29.2 Å². The van der Waals surface area contributed by atoms with E-state index in [4.69, 9.17) is 5.73 Å². The van der Waals surface area contributed by atoms with E-state index < -0.39 is 0 Å². The smallest absolute Gasteiger partial charge is 0.242 e. The maximum atomic E-state index is 13.3. The summed E-state index contributed by atoms with van der Waals surface area (Å²) < 4.78 is 0.781.